The summed E-state index contributed by atoms with van der Waals surface area (Å²) in [4.78, 5) is 26.4. The van der Waals surface area contributed by atoms with Crippen LogP contribution in [0.5, 0.6) is 0 Å². The van der Waals surface area contributed by atoms with Crippen LogP contribution < -0.4 is 10.6 Å². The predicted molar refractivity (Wildman–Crippen MR) is 94.9 cm³/mol. The SMILES string of the molecule is CN(C)CCNC(=O)[C@H](Cc1ccccc1)NC(=O)OC(C)(C)C. The summed E-state index contributed by atoms with van der Waals surface area (Å²) < 4.78 is 5.26. The summed E-state index contributed by atoms with van der Waals surface area (Å²) >= 11 is 0. The monoisotopic (exact) mass is 335 g/mol. The topological polar surface area (TPSA) is 70.7 Å². The molecule has 0 heterocycles. The van der Waals surface area contributed by atoms with E-state index in [-0.39, 0.29) is 5.91 Å². The second-order valence-electron chi connectivity index (χ2n) is 6.98. The number of hydrogen-bond acceptors (Lipinski definition) is 4. The molecule has 0 fully saturated rings. The normalized spacial score (nSPS) is 12.6. The summed E-state index contributed by atoms with van der Waals surface area (Å²) in [6.07, 6.45) is -0.181. The van der Waals surface area contributed by atoms with Crippen molar-refractivity contribution >= 4 is 12.0 Å². The second-order valence-corrected chi connectivity index (χ2v) is 6.98. The van der Waals surface area contributed by atoms with Crippen molar-refractivity contribution in [2.24, 2.45) is 0 Å². The van der Waals surface area contributed by atoms with Crippen LogP contribution in [0.15, 0.2) is 30.3 Å². The maximum absolute atomic E-state index is 12.4. The van der Waals surface area contributed by atoms with Crippen LogP contribution in [0.25, 0.3) is 0 Å². The third-order valence-electron chi connectivity index (χ3n) is 3.15. The Hall–Kier alpha value is -2.08. The second kappa shape index (κ2) is 9.27. The predicted octanol–water partition coefficient (Wildman–Crippen LogP) is 1.80. The van der Waals surface area contributed by atoms with Crippen molar-refractivity contribution in [3.05, 3.63) is 35.9 Å². The summed E-state index contributed by atoms with van der Waals surface area (Å²) in [6.45, 7) is 6.62. The Bertz CT molecular complexity index is 524. The summed E-state index contributed by atoms with van der Waals surface area (Å²) in [5.41, 5.74) is 0.365. The number of rotatable bonds is 7. The van der Waals surface area contributed by atoms with Gasteiger partial charge in [0.25, 0.3) is 0 Å². The van der Waals surface area contributed by atoms with E-state index >= 15 is 0 Å². The molecule has 0 aliphatic carbocycles. The van der Waals surface area contributed by atoms with Gasteiger partial charge in [0.2, 0.25) is 5.91 Å². The quantitative estimate of drug-likeness (QED) is 0.797. The van der Waals surface area contributed by atoms with Crippen LogP contribution in [-0.2, 0) is 16.0 Å². The molecule has 0 aromatic heterocycles. The van der Waals surface area contributed by atoms with E-state index in [0.29, 0.717) is 13.0 Å². The molecule has 6 nitrogen and oxygen atoms in total. The minimum atomic E-state index is -0.676. The van der Waals surface area contributed by atoms with Crippen molar-refractivity contribution in [3.63, 3.8) is 0 Å². The van der Waals surface area contributed by atoms with E-state index in [4.69, 9.17) is 4.74 Å². The van der Waals surface area contributed by atoms with Crippen molar-refractivity contribution in [3.8, 4) is 0 Å². The molecule has 1 aromatic carbocycles. The first kappa shape index (κ1) is 20.0. The molecule has 6 heteroatoms. The first-order valence-electron chi connectivity index (χ1n) is 8.13. The highest BCUT2D eigenvalue weighted by Crippen LogP contribution is 2.08. The Morgan fingerprint density at radius 1 is 1.17 bits per heavy atom. The lowest BCUT2D eigenvalue weighted by Crippen LogP contribution is -2.50. The molecule has 0 aliphatic heterocycles. The molecule has 1 atom stereocenters. The molecule has 0 aliphatic rings. The van der Waals surface area contributed by atoms with Gasteiger partial charge in [-0.15, -0.1) is 0 Å². The van der Waals surface area contributed by atoms with Gasteiger partial charge in [0.1, 0.15) is 11.6 Å². The van der Waals surface area contributed by atoms with Crippen molar-refractivity contribution in [2.75, 3.05) is 27.2 Å². The van der Waals surface area contributed by atoms with E-state index < -0.39 is 17.7 Å². The maximum Gasteiger partial charge on any atom is 0.408 e. The molecule has 24 heavy (non-hydrogen) atoms. The van der Waals surface area contributed by atoms with Crippen LogP contribution >= 0.6 is 0 Å². The Balaban J connectivity index is 2.71. The molecule has 0 radical (unpaired) electrons. The Morgan fingerprint density at radius 2 is 1.79 bits per heavy atom. The number of carbonyl (C=O) groups excluding carboxylic acids is 2. The zero-order valence-corrected chi connectivity index (χ0v) is 15.3. The number of likely N-dealkylation sites (N-methyl/N-ethyl adjacent to an activating group) is 1. The molecule has 2 amide bonds. The van der Waals surface area contributed by atoms with Gasteiger partial charge in [-0.2, -0.15) is 0 Å². The fourth-order valence-electron chi connectivity index (χ4n) is 2.03. The number of hydrogen-bond donors (Lipinski definition) is 2. The first-order valence-corrected chi connectivity index (χ1v) is 8.13. The van der Waals surface area contributed by atoms with Gasteiger partial charge in [0.05, 0.1) is 0 Å². The summed E-state index contributed by atoms with van der Waals surface area (Å²) in [5.74, 6) is -0.216. The fraction of sp³-hybridized carbons (Fsp3) is 0.556. The van der Waals surface area contributed by atoms with Gasteiger partial charge < -0.3 is 20.3 Å². The zero-order chi connectivity index (χ0) is 18.2. The molecule has 0 unspecified atom stereocenters. The van der Waals surface area contributed by atoms with E-state index in [1.165, 1.54) is 0 Å². The third-order valence-corrected chi connectivity index (χ3v) is 3.15. The molecule has 0 bridgehead atoms. The Labute approximate surface area is 144 Å². The molecule has 1 rings (SSSR count). The minimum absolute atomic E-state index is 0.216. The van der Waals surface area contributed by atoms with Gasteiger partial charge in [-0.1, -0.05) is 30.3 Å². The average Bonchev–Trinajstić information content (AvgIpc) is 2.45. The Morgan fingerprint density at radius 3 is 2.33 bits per heavy atom. The molecule has 0 saturated heterocycles. The van der Waals surface area contributed by atoms with Crippen LogP contribution in [0, 0.1) is 0 Å². The lowest BCUT2D eigenvalue weighted by atomic mass is 10.1. The first-order chi connectivity index (χ1) is 11.2. The minimum Gasteiger partial charge on any atom is -0.444 e. The number of nitrogens with zero attached hydrogens (tertiary/aromatic N) is 1. The number of alkyl carbamates (subject to hydrolysis) is 1. The molecular weight excluding hydrogens is 306 g/mol. The number of nitrogens with one attached hydrogen (secondary N) is 2. The van der Waals surface area contributed by atoms with Crippen LogP contribution in [0.2, 0.25) is 0 Å². The largest absolute Gasteiger partial charge is 0.444 e. The van der Waals surface area contributed by atoms with E-state index in [0.717, 1.165) is 12.1 Å². The van der Waals surface area contributed by atoms with Crippen molar-refractivity contribution in [1.82, 2.24) is 15.5 Å². The van der Waals surface area contributed by atoms with Crippen molar-refractivity contribution in [2.45, 2.75) is 38.8 Å². The summed E-state index contributed by atoms with van der Waals surface area (Å²) in [7, 11) is 3.87. The van der Waals surface area contributed by atoms with Gasteiger partial charge in [0.15, 0.2) is 0 Å². The van der Waals surface area contributed by atoms with Gasteiger partial charge >= 0.3 is 6.09 Å². The number of amides is 2. The number of ether oxygens (including phenoxy) is 1. The highest BCUT2D eigenvalue weighted by Gasteiger charge is 2.24. The van der Waals surface area contributed by atoms with Crippen LogP contribution in [-0.4, -0.2) is 55.7 Å². The van der Waals surface area contributed by atoms with Crippen LogP contribution in [0.3, 0.4) is 0 Å². The van der Waals surface area contributed by atoms with E-state index in [1.807, 2.05) is 49.3 Å². The molecule has 134 valence electrons. The maximum atomic E-state index is 12.4. The molecule has 2 N–H and O–H groups in total. The van der Waals surface area contributed by atoms with Gasteiger partial charge in [-0.25, -0.2) is 4.79 Å². The fourth-order valence-corrected chi connectivity index (χ4v) is 2.03. The number of carbonyl (C=O) groups is 2. The van der Waals surface area contributed by atoms with Crippen molar-refractivity contribution < 1.29 is 14.3 Å². The summed E-state index contributed by atoms with van der Waals surface area (Å²) in [6, 6.07) is 8.91. The third kappa shape index (κ3) is 8.53. The van der Waals surface area contributed by atoms with Gasteiger partial charge in [-0.3, -0.25) is 4.79 Å². The van der Waals surface area contributed by atoms with Crippen LogP contribution in [0.4, 0.5) is 4.79 Å². The van der Waals surface area contributed by atoms with Crippen molar-refractivity contribution in [1.29, 1.82) is 0 Å². The Kier molecular flexibility index (Phi) is 7.71. The van der Waals surface area contributed by atoms with Crippen LogP contribution in [0.1, 0.15) is 26.3 Å². The molecule has 1 aromatic rings. The lowest BCUT2D eigenvalue weighted by molar-refractivity contribution is -0.123. The molecule has 0 saturated carbocycles. The highest BCUT2D eigenvalue weighted by molar-refractivity contribution is 5.86. The lowest BCUT2D eigenvalue weighted by Gasteiger charge is -2.23. The molecular formula is C18H29N3O3. The summed E-state index contributed by atoms with van der Waals surface area (Å²) in [5, 5.41) is 5.52. The highest BCUT2D eigenvalue weighted by atomic mass is 16.6. The standard InChI is InChI=1S/C18H29N3O3/c1-18(2,3)24-17(23)20-15(13-14-9-7-6-8-10-14)16(22)19-11-12-21(4)5/h6-10,15H,11-13H2,1-5H3,(H,19,22)(H,20,23)/t15-/m0/s1. The number of benzene rings is 1. The van der Waals surface area contributed by atoms with E-state index in [1.54, 1.807) is 20.8 Å². The zero-order valence-electron chi connectivity index (χ0n) is 15.3. The average molecular weight is 335 g/mol. The van der Waals surface area contributed by atoms with Gasteiger partial charge in [0, 0.05) is 19.5 Å². The van der Waals surface area contributed by atoms with Gasteiger partial charge in [-0.05, 0) is 40.4 Å². The van der Waals surface area contributed by atoms with E-state index in [2.05, 4.69) is 10.6 Å². The van der Waals surface area contributed by atoms with E-state index in [9.17, 15) is 9.59 Å². The smallest absolute Gasteiger partial charge is 0.408 e. The molecule has 0 spiro atoms.